The maximum Gasteiger partial charge on any atom is 0.0522 e. The van der Waals surface area contributed by atoms with Gasteiger partial charge in [0.05, 0.1) is 6.20 Å². The summed E-state index contributed by atoms with van der Waals surface area (Å²) >= 11 is 0. The SMILES string of the molecule is CC(C)Cc1[nH]ncc1CCCN. The van der Waals surface area contributed by atoms with Gasteiger partial charge in [-0.3, -0.25) is 5.10 Å². The second-order valence-corrected chi connectivity index (χ2v) is 3.86. The highest BCUT2D eigenvalue weighted by atomic mass is 15.1. The Hall–Kier alpha value is -0.830. The fourth-order valence-corrected chi connectivity index (χ4v) is 1.43. The van der Waals surface area contributed by atoms with Crippen LogP contribution in [0.2, 0.25) is 0 Å². The largest absolute Gasteiger partial charge is 0.330 e. The van der Waals surface area contributed by atoms with Crippen LogP contribution in [0.15, 0.2) is 6.20 Å². The van der Waals surface area contributed by atoms with Gasteiger partial charge in [-0.15, -0.1) is 0 Å². The number of nitrogens with one attached hydrogen (secondary N) is 1. The molecule has 13 heavy (non-hydrogen) atoms. The molecule has 0 aliphatic heterocycles. The molecule has 3 nitrogen and oxygen atoms in total. The smallest absolute Gasteiger partial charge is 0.0522 e. The number of aromatic amines is 1. The maximum absolute atomic E-state index is 5.47. The van der Waals surface area contributed by atoms with E-state index in [-0.39, 0.29) is 0 Å². The molecule has 3 N–H and O–H groups in total. The molecule has 0 spiro atoms. The summed E-state index contributed by atoms with van der Waals surface area (Å²) in [6.07, 6.45) is 5.10. The highest BCUT2D eigenvalue weighted by molar-refractivity contribution is 5.16. The van der Waals surface area contributed by atoms with Crippen LogP contribution >= 0.6 is 0 Å². The van der Waals surface area contributed by atoms with E-state index in [0.717, 1.165) is 25.8 Å². The van der Waals surface area contributed by atoms with Crippen molar-refractivity contribution in [2.75, 3.05) is 6.54 Å². The molecule has 74 valence electrons. The third kappa shape index (κ3) is 3.19. The van der Waals surface area contributed by atoms with Gasteiger partial charge in [0.15, 0.2) is 0 Å². The first kappa shape index (κ1) is 10.3. The van der Waals surface area contributed by atoms with E-state index in [1.165, 1.54) is 11.3 Å². The topological polar surface area (TPSA) is 54.7 Å². The predicted molar refractivity (Wildman–Crippen MR) is 54.5 cm³/mol. The Morgan fingerprint density at radius 1 is 1.54 bits per heavy atom. The van der Waals surface area contributed by atoms with Crippen molar-refractivity contribution in [3.8, 4) is 0 Å². The minimum atomic E-state index is 0.678. The molecule has 1 aromatic heterocycles. The third-order valence-electron chi connectivity index (χ3n) is 2.07. The first-order valence-corrected chi connectivity index (χ1v) is 4.95. The zero-order chi connectivity index (χ0) is 9.68. The van der Waals surface area contributed by atoms with E-state index in [1.54, 1.807) is 0 Å². The normalized spacial score (nSPS) is 11.1. The second-order valence-electron chi connectivity index (χ2n) is 3.86. The summed E-state index contributed by atoms with van der Waals surface area (Å²) in [4.78, 5) is 0. The van der Waals surface area contributed by atoms with Crippen molar-refractivity contribution in [3.63, 3.8) is 0 Å². The molecule has 0 atom stereocenters. The van der Waals surface area contributed by atoms with Gasteiger partial charge in [-0.05, 0) is 37.3 Å². The quantitative estimate of drug-likeness (QED) is 0.723. The lowest BCUT2D eigenvalue weighted by Crippen LogP contribution is -2.03. The summed E-state index contributed by atoms with van der Waals surface area (Å²) in [6.45, 7) is 5.19. The van der Waals surface area contributed by atoms with Crippen molar-refractivity contribution >= 4 is 0 Å². The van der Waals surface area contributed by atoms with E-state index in [0.29, 0.717) is 5.92 Å². The van der Waals surface area contributed by atoms with Crippen molar-refractivity contribution in [1.82, 2.24) is 10.2 Å². The van der Waals surface area contributed by atoms with Crippen LogP contribution in [0.5, 0.6) is 0 Å². The predicted octanol–water partition coefficient (Wildman–Crippen LogP) is 1.50. The molecule has 1 rings (SSSR count). The average molecular weight is 181 g/mol. The molecule has 0 saturated carbocycles. The molecule has 0 radical (unpaired) electrons. The van der Waals surface area contributed by atoms with Crippen molar-refractivity contribution in [1.29, 1.82) is 0 Å². The summed E-state index contributed by atoms with van der Waals surface area (Å²) in [5.74, 6) is 0.678. The molecular formula is C10H19N3. The van der Waals surface area contributed by atoms with Crippen LogP contribution in [0.3, 0.4) is 0 Å². The maximum atomic E-state index is 5.47. The van der Waals surface area contributed by atoms with Crippen molar-refractivity contribution < 1.29 is 0 Å². The zero-order valence-corrected chi connectivity index (χ0v) is 8.51. The van der Waals surface area contributed by atoms with Gasteiger partial charge in [-0.2, -0.15) is 5.10 Å². The van der Waals surface area contributed by atoms with E-state index in [9.17, 15) is 0 Å². The van der Waals surface area contributed by atoms with Crippen LogP contribution in [-0.4, -0.2) is 16.7 Å². The molecule has 0 aromatic carbocycles. The van der Waals surface area contributed by atoms with Crippen molar-refractivity contribution in [2.45, 2.75) is 33.1 Å². The standard InChI is InChI=1S/C10H19N3/c1-8(2)6-10-9(4-3-5-11)7-12-13-10/h7-8H,3-6,11H2,1-2H3,(H,12,13). The molecule has 0 fully saturated rings. The molecule has 0 aliphatic rings. The number of rotatable bonds is 5. The van der Waals surface area contributed by atoms with Crippen LogP contribution in [0, 0.1) is 5.92 Å². The Bertz CT molecular complexity index is 240. The Labute approximate surface area is 79.7 Å². The number of aryl methyl sites for hydroxylation is 1. The number of hydrogen-bond acceptors (Lipinski definition) is 2. The highest BCUT2D eigenvalue weighted by Crippen LogP contribution is 2.11. The van der Waals surface area contributed by atoms with Gasteiger partial charge in [-0.25, -0.2) is 0 Å². The second kappa shape index (κ2) is 5.02. The van der Waals surface area contributed by atoms with Gasteiger partial charge in [-0.1, -0.05) is 13.8 Å². The van der Waals surface area contributed by atoms with Gasteiger partial charge < -0.3 is 5.73 Å². The lowest BCUT2D eigenvalue weighted by atomic mass is 10.0. The number of aromatic nitrogens is 2. The van der Waals surface area contributed by atoms with Crippen molar-refractivity contribution in [3.05, 3.63) is 17.5 Å². The Kier molecular flexibility index (Phi) is 3.96. The first-order chi connectivity index (χ1) is 6.24. The van der Waals surface area contributed by atoms with Gasteiger partial charge >= 0.3 is 0 Å². The molecule has 0 amide bonds. The highest BCUT2D eigenvalue weighted by Gasteiger charge is 2.05. The molecule has 3 heteroatoms. The minimum absolute atomic E-state index is 0.678. The first-order valence-electron chi connectivity index (χ1n) is 4.95. The van der Waals surface area contributed by atoms with Crippen LogP contribution < -0.4 is 5.73 Å². The molecular weight excluding hydrogens is 162 g/mol. The van der Waals surface area contributed by atoms with Crippen LogP contribution in [0.1, 0.15) is 31.5 Å². The van der Waals surface area contributed by atoms with Gasteiger partial charge in [0.2, 0.25) is 0 Å². The monoisotopic (exact) mass is 181 g/mol. The summed E-state index contributed by atoms with van der Waals surface area (Å²) in [6, 6.07) is 0. The lowest BCUT2D eigenvalue weighted by Gasteiger charge is -2.04. The minimum Gasteiger partial charge on any atom is -0.330 e. The molecule has 0 unspecified atom stereocenters. The zero-order valence-electron chi connectivity index (χ0n) is 8.51. The summed E-state index contributed by atoms with van der Waals surface area (Å²) in [7, 11) is 0. The third-order valence-corrected chi connectivity index (χ3v) is 2.07. The lowest BCUT2D eigenvalue weighted by molar-refractivity contribution is 0.628. The summed E-state index contributed by atoms with van der Waals surface area (Å²) < 4.78 is 0. The van der Waals surface area contributed by atoms with E-state index < -0.39 is 0 Å². The average Bonchev–Trinajstić information content (AvgIpc) is 2.48. The Morgan fingerprint density at radius 2 is 2.31 bits per heavy atom. The van der Waals surface area contributed by atoms with Gasteiger partial charge in [0.1, 0.15) is 0 Å². The number of H-pyrrole nitrogens is 1. The van der Waals surface area contributed by atoms with Gasteiger partial charge in [0, 0.05) is 5.69 Å². The van der Waals surface area contributed by atoms with Crippen LogP contribution in [0.4, 0.5) is 0 Å². The number of nitrogens with two attached hydrogens (primary N) is 1. The molecule has 0 saturated heterocycles. The van der Waals surface area contributed by atoms with E-state index >= 15 is 0 Å². The molecule has 1 aromatic rings. The number of hydrogen-bond donors (Lipinski definition) is 2. The van der Waals surface area contributed by atoms with E-state index in [4.69, 9.17) is 5.73 Å². The molecule has 1 heterocycles. The van der Waals surface area contributed by atoms with Gasteiger partial charge in [0.25, 0.3) is 0 Å². The van der Waals surface area contributed by atoms with Crippen molar-refractivity contribution in [2.24, 2.45) is 11.7 Å². The molecule has 0 bridgehead atoms. The van der Waals surface area contributed by atoms with E-state index in [1.807, 2.05) is 6.20 Å². The van der Waals surface area contributed by atoms with Crippen LogP contribution in [-0.2, 0) is 12.8 Å². The summed E-state index contributed by atoms with van der Waals surface area (Å²) in [5, 5.41) is 7.12. The number of nitrogens with zero attached hydrogens (tertiary/aromatic N) is 1. The van der Waals surface area contributed by atoms with Crippen LogP contribution in [0.25, 0.3) is 0 Å². The Balaban J connectivity index is 2.55. The fraction of sp³-hybridized carbons (Fsp3) is 0.700. The Morgan fingerprint density at radius 3 is 2.92 bits per heavy atom. The fourth-order valence-electron chi connectivity index (χ4n) is 1.43. The molecule has 0 aliphatic carbocycles. The van der Waals surface area contributed by atoms with E-state index in [2.05, 4.69) is 24.0 Å². The summed E-state index contributed by atoms with van der Waals surface area (Å²) in [5.41, 5.74) is 8.08.